The van der Waals surface area contributed by atoms with Crippen molar-refractivity contribution in [3.63, 3.8) is 0 Å². The Balaban J connectivity index is 1.52. The number of carbonyl (C=O) groups excluding carboxylic acids is 4. The Morgan fingerprint density at radius 1 is 1.15 bits per heavy atom. The minimum Gasteiger partial charge on any atom is -0.493 e. The smallest absolute Gasteiger partial charge is 0.373 e. The van der Waals surface area contributed by atoms with E-state index in [2.05, 4.69) is 15.4 Å². The van der Waals surface area contributed by atoms with Crippen LogP contribution in [0.25, 0.3) is 6.08 Å². The summed E-state index contributed by atoms with van der Waals surface area (Å²) < 4.78 is 33.5. The van der Waals surface area contributed by atoms with Crippen LogP contribution >= 0.6 is 0 Å². The van der Waals surface area contributed by atoms with Gasteiger partial charge in [0.1, 0.15) is 17.3 Å². The van der Waals surface area contributed by atoms with Gasteiger partial charge in [0, 0.05) is 11.8 Å². The zero-order valence-corrected chi connectivity index (χ0v) is 21.5. The van der Waals surface area contributed by atoms with Crippen molar-refractivity contribution in [1.29, 1.82) is 0 Å². The monoisotopic (exact) mass is 568 g/mol. The number of amides is 4. The lowest BCUT2D eigenvalue weighted by Crippen LogP contribution is -2.30. The van der Waals surface area contributed by atoms with E-state index in [0.29, 0.717) is 0 Å². The molecule has 0 unspecified atom stereocenters. The molecule has 212 valence electrons. The summed E-state index contributed by atoms with van der Waals surface area (Å²) in [5.41, 5.74) is -0.381. The van der Waals surface area contributed by atoms with Gasteiger partial charge in [0.2, 0.25) is 11.5 Å². The lowest BCUT2D eigenvalue weighted by Gasteiger charge is -2.12. The highest BCUT2D eigenvalue weighted by Gasteiger charge is 2.35. The highest BCUT2D eigenvalue weighted by molar-refractivity contribution is 6.14. The minimum absolute atomic E-state index is 0.105. The number of ether oxygens (including phenoxy) is 3. The van der Waals surface area contributed by atoms with E-state index in [0.717, 1.165) is 23.1 Å². The molecular formula is C26H21FN4O10. The standard InChI is InChI=1S/C26H21FN4O10/c1-38-21-11-14(9-18-24(33)30(26(35)29-18)12-17-7-8-20(41-17)25(34)39-2)10-19(31(36)37)23(21)40-13-22(32)28-16-5-3-15(27)4-6-16/h3-11H,12-13H2,1-2H3,(H,28,32)(H,29,35)/b18-9-. The van der Waals surface area contributed by atoms with Crippen LogP contribution in [0, 0.1) is 15.9 Å². The lowest BCUT2D eigenvalue weighted by molar-refractivity contribution is -0.385. The number of nitro benzene ring substituents is 1. The lowest BCUT2D eigenvalue weighted by atomic mass is 10.1. The molecule has 0 saturated carbocycles. The van der Waals surface area contributed by atoms with Crippen LogP contribution in [0.1, 0.15) is 21.9 Å². The SMILES string of the molecule is COC(=O)c1ccc(CN2C(=O)N/C(=C\c3cc(OC)c(OCC(=O)Nc4ccc(F)cc4)c([N+](=O)[O-])c3)C2=O)o1. The number of halogens is 1. The molecule has 2 N–H and O–H groups in total. The Hall–Kier alpha value is -5.73. The van der Waals surface area contributed by atoms with Gasteiger partial charge in [-0.15, -0.1) is 0 Å². The molecule has 1 aliphatic rings. The number of methoxy groups -OCH3 is 2. The Labute approximate surface area is 230 Å². The fourth-order valence-electron chi connectivity index (χ4n) is 3.70. The first-order valence-corrected chi connectivity index (χ1v) is 11.7. The van der Waals surface area contributed by atoms with E-state index in [9.17, 15) is 33.7 Å². The van der Waals surface area contributed by atoms with Gasteiger partial charge in [-0.25, -0.2) is 14.0 Å². The van der Waals surface area contributed by atoms with E-state index in [1.165, 1.54) is 50.6 Å². The zero-order chi connectivity index (χ0) is 29.7. The number of hydrogen-bond acceptors (Lipinski definition) is 10. The topological polar surface area (TPSA) is 180 Å². The molecule has 0 bridgehead atoms. The third kappa shape index (κ3) is 6.47. The molecular weight excluding hydrogens is 547 g/mol. The molecule has 41 heavy (non-hydrogen) atoms. The molecule has 4 amide bonds. The first kappa shape index (κ1) is 28.3. The number of rotatable bonds is 10. The Morgan fingerprint density at radius 3 is 2.54 bits per heavy atom. The van der Waals surface area contributed by atoms with Crippen LogP contribution in [0.3, 0.4) is 0 Å². The number of nitrogens with zero attached hydrogens (tertiary/aromatic N) is 2. The fraction of sp³-hybridized carbons (Fsp3) is 0.154. The van der Waals surface area contributed by atoms with E-state index in [4.69, 9.17) is 13.9 Å². The number of carbonyl (C=O) groups is 4. The molecule has 1 saturated heterocycles. The maximum atomic E-state index is 13.1. The van der Waals surface area contributed by atoms with Gasteiger partial charge in [0.25, 0.3) is 11.8 Å². The van der Waals surface area contributed by atoms with Crippen molar-refractivity contribution in [3.8, 4) is 11.5 Å². The highest BCUT2D eigenvalue weighted by Crippen LogP contribution is 2.39. The third-order valence-electron chi connectivity index (χ3n) is 5.59. The van der Waals surface area contributed by atoms with Gasteiger partial charge < -0.3 is 29.3 Å². The van der Waals surface area contributed by atoms with Crippen LogP contribution < -0.4 is 20.1 Å². The van der Waals surface area contributed by atoms with Crippen LogP contribution in [-0.4, -0.2) is 54.5 Å². The summed E-state index contributed by atoms with van der Waals surface area (Å²) in [5.74, 6) is -3.10. The second-order valence-electron chi connectivity index (χ2n) is 8.31. The van der Waals surface area contributed by atoms with E-state index < -0.39 is 46.8 Å². The number of furan rings is 1. The van der Waals surface area contributed by atoms with E-state index in [-0.39, 0.29) is 46.5 Å². The molecule has 1 aromatic heterocycles. The number of hydrogen-bond donors (Lipinski definition) is 2. The van der Waals surface area contributed by atoms with Gasteiger partial charge in [-0.1, -0.05) is 0 Å². The summed E-state index contributed by atoms with van der Waals surface area (Å²) in [6.45, 7) is -0.932. The molecule has 15 heteroatoms. The highest BCUT2D eigenvalue weighted by atomic mass is 19.1. The van der Waals surface area contributed by atoms with Gasteiger partial charge in [0.05, 0.1) is 25.7 Å². The summed E-state index contributed by atoms with van der Waals surface area (Å²) in [5, 5.41) is 16.7. The maximum absolute atomic E-state index is 13.1. The molecule has 1 fully saturated rings. The molecule has 2 heterocycles. The third-order valence-corrected chi connectivity index (χ3v) is 5.59. The predicted molar refractivity (Wildman–Crippen MR) is 137 cm³/mol. The summed E-state index contributed by atoms with van der Waals surface area (Å²) >= 11 is 0. The van der Waals surface area contributed by atoms with E-state index in [1.807, 2.05) is 0 Å². The van der Waals surface area contributed by atoms with Gasteiger partial charge in [0.15, 0.2) is 12.4 Å². The van der Waals surface area contributed by atoms with Crippen molar-refractivity contribution in [3.05, 3.63) is 87.2 Å². The predicted octanol–water partition coefficient (Wildman–Crippen LogP) is 3.23. The summed E-state index contributed by atoms with van der Waals surface area (Å²) in [6.07, 6.45) is 1.20. The van der Waals surface area contributed by atoms with Gasteiger partial charge in [-0.05, 0) is 54.1 Å². The zero-order valence-electron chi connectivity index (χ0n) is 21.5. The molecule has 0 atom stereocenters. The molecule has 3 aromatic rings. The number of nitro groups is 1. The van der Waals surface area contributed by atoms with Crippen molar-refractivity contribution < 1.29 is 47.1 Å². The first-order chi connectivity index (χ1) is 19.6. The van der Waals surface area contributed by atoms with Crippen molar-refractivity contribution in [2.45, 2.75) is 6.54 Å². The van der Waals surface area contributed by atoms with Gasteiger partial charge in [-0.3, -0.25) is 24.6 Å². The van der Waals surface area contributed by atoms with Crippen LogP contribution in [0.15, 0.2) is 58.6 Å². The normalized spacial score (nSPS) is 13.6. The van der Waals surface area contributed by atoms with E-state index >= 15 is 0 Å². The summed E-state index contributed by atoms with van der Waals surface area (Å²) in [6, 6.07) is 9.28. The van der Waals surface area contributed by atoms with Crippen LogP contribution in [0.4, 0.5) is 20.6 Å². The number of anilines is 1. The molecule has 0 radical (unpaired) electrons. The van der Waals surface area contributed by atoms with E-state index in [1.54, 1.807) is 0 Å². The maximum Gasteiger partial charge on any atom is 0.373 e. The Morgan fingerprint density at radius 2 is 1.88 bits per heavy atom. The molecule has 4 rings (SSSR count). The van der Waals surface area contributed by atoms with Crippen molar-refractivity contribution >= 4 is 41.3 Å². The number of imide groups is 1. The number of esters is 1. The average Bonchev–Trinajstić information content (AvgIpc) is 3.52. The van der Waals surface area contributed by atoms with Gasteiger partial charge >= 0.3 is 17.7 Å². The fourth-order valence-corrected chi connectivity index (χ4v) is 3.70. The van der Waals surface area contributed by atoms with Crippen LogP contribution in [0.5, 0.6) is 11.5 Å². The van der Waals surface area contributed by atoms with Crippen molar-refractivity contribution in [2.24, 2.45) is 0 Å². The largest absolute Gasteiger partial charge is 0.493 e. The molecule has 1 aliphatic heterocycles. The van der Waals surface area contributed by atoms with Crippen molar-refractivity contribution in [1.82, 2.24) is 10.2 Å². The molecule has 14 nitrogen and oxygen atoms in total. The quantitative estimate of drug-likeness (QED) is 0.121. The first-order valence-electron chi connectivity index (χ1n) is 11.7. The minimum atomic E-state index is -0.786. The average molecular weight is 568 g/mol. The molecule has 0 spiro atoms. The second-order valence-corrected chi connectivity index (χ2v) is 8.31. The number of nitrogens with one attached hydrogen (secondary N) is 2. The summed E-state index contributed by atoms with van der Waals surface area (Å²) in [7, 11) is 2.39. The van der Waals surface area contributed by atoms with Crippen molar-refractivity contribution in [2.75, 3.05) is 26.1 Å². The van der Waals surface area contributed by atoms with Crippen LogP contribution in [-0.2, 0) is 20.9 Å². The van der Waals surface area contributed by atoms with Crippen LogP contribution in [0.2, 0.25) is 0 Å². The van der Waals surface area contributed by atoms with Gasteiger partial charge in [-0.2, -0.15) is 0 Å². The Bertz CT molecular complexity index is 1560. The molecule has 2 aromatic carbocycles. The second kappa shape index (κ2) is 12.0. The number of benzene rings is 2. The Kier molecular flexibility index (Phi) is 8.26. The number of urea groups is 1. The molecule has 0 aliphatic carbocycles. The summed E-state index contributed by atoms with van der Waals surface area (Å²) in [4.78, 5) is 61.0.